The van der Waals surface area contributed by atoms with E-state index in [0.717, 1.165) is 6.08 Å². The van der Waals surface area contributed by atoms with Gasteiger partial charge in [-0.3, -0.25) is 14.4 Å². The highest BCUT2D eigenvalue weighted by Crippen LogP contribution is 2.37. The second-order valence-electron chi connectivity index (χ2n) is 8.28. The van der Waals surface area contributed by atoms with E-state index in [1.165, 1.54) is 32.1 Å². The van der Waals surface area contributed by atoms with Crippen molar-refractivity contribution in [3.63, 3.8) is 0 Å². The molecular formula is C31H26Cl2O7. The standard InChI is InChI=1S/C15H11ClO3.C14H9ClO4.C2H6/c1-8(15(18)19)7-12-13(16)9(2)10-5-3-4-6-11(10)14(12)17;1-7(14(18)19)6-10-11(15)13(17)9-5-3-2-4-8(9)12(10)16;1-2/h3-7H,2H2,1H3,(H,18,19);2-6H,1H3,(H,18,19);1-2H3/b8-7+;7-6+;. The number of fused-ring (bicyclic) bond motifs is 2. The van der Waals surface area contributed by atoms with Crippen molar-refractivity contribution >= 4 is 58.1 Å². The first-order valence-corrected chi connectivity index (χ1v) is 12.8. The highest BCUT2D eigenvalue weighted by molar-refractivity contribution is 6.50. The van der Waals surface area contributed by atoms with Gasteiger partial charge in [0.1, 0.15) is 0 Å². The molecule has 2 N–H and O–H groups in total. The van der Waals surface area contributed by atoms with Gasteiger partial charge in [-0.15, -0.1) is 0 Å². The highest BCUT2D eigenvalue weighted by Gasteiger charge is 2.30. The van der Waals surface area contributed by atoms with Crippen molar-refractivity contribution in [1.29, 1.82) is 0 Å². The molecule has 2 aromatic carbocycles. The van der Waals surface area contributed by atoms with Crippen molar-refractivity contribution in [1.82, 2.24) is 0 Å². The van der Waals surface area contributed by atoms with Crippen molar-refractivity contribution in [3.8, 4) is 0 Å². The van der Waals surface area contributed by atoms with Crippen LogP contribution in [0.15, 0.2) is 99.6 Å². The summed E-state index contributed by atoms with van der Waals surface area (Å²) in [5.41, 5.74) is 2.26. The zero-order valence-corrected chi connectivity index (χ0v) is 23.7. The van der Waals surface area contributed by atoms with Gasteiger partial charge >= 0.3 is 11.9 Å². The summed E-state index contributed by atoms with van der Waals surface area (Å²) < 4.78 is 0. The number of carboxylic acids is 2. The van der Waals surface area contributed by atoms with Crippen molar-refractivity contribution in [2.75, 3.05) is 0 Å². The number of carbonyl (C=O) groups is 5. The fourth-order valence-corrected chi connectivity index (χ4v) is 4.13. The van der Waals surface area contributed by atoms with Crippen LogP contribution in [0.25, 0.3) is 5.57 Å². The van der Waals surface area contributed by atoms with Crippen LogP contribution in [0, 0.1) is 0 Å². The van der Waals surface area contributed by atoms with Gasteiger partial charge in [0.25, 0.3) is 0 Å². The maximum atomic E-state index is 12.3. The van der Waals surface area contributed by atoms with Crippen molar-refractivity contribution in [2.24, 2.45) is 0 Å². The summed E-state index contributed by atoms with van der Waals surface area (Å²) in [4.78, 5) is 58.1. The van der Waals surface area contributed by atoms with E-state index in [1.807, 2.05) is 13.8 Å². The molecule has 0 aliphatic heterocycles. The smallest absolute Gasteiger partial charge is 0.331 e. The predicted octanol–water partition coefficient (Wildman–Crippen LogP) is 7.04. The Morgan fingerprint density at radius 2 is 0.975 bits per heavy atom. The van der Waals surface area contributed by atoms with Crippen LogP contribution in [-0.4, -0.2) is 39.5 Å². The predicted molar refractivity (Wildman–Crippen MR) is 155 cm³/mol. The molecule has 0 atom stereocenters. The van der Waals surface area contributed by atoms with Crippen molar-refractivity contribution in [3.05, 3.63) is 122 Å². The topological polar surface area (TPSA) is 126 Å². The fraction of sp³-hybridized carbons (Fsp3) is 0.129. The highest BCUT2D eigenvalue weighted by atomic mass is 35.5. The van der Waals surface area contributed by atoms with Gasteiger partial charge in [0.05, 0.1) is 10.1 Å². The zero-order chi connectivity index (χ0) is 30.3. The Bertz CT molecular complexity index is 1450. The quantitative estimate of drug-likeness (QED) is 0.371. The molecule has 2 aromatic rings. The Hall–Kier alpha value is -4.33. The molecule has 0 saturated carbocycles. The minimum absolute atomic E-state index is 0.0497. The number of Topliss-reactive ketones (excluding diaryl/α,β-unsaturated/α-hetero) is 3. The summed E-state index contributed by atoms with van der Waals surface area (Å²) in [6.45, 7) is 10.6. The minimum Gasteiger partial charge on any atom is -0.478 e. The Balaban J connectivity index is 0.000000264. The summed E-state index contributed by atoms with van der Waals surface area (Å²) in [6.07, 6.45) is 2.41. The van der Waals surface area contributed by atoms with Gasteiger partial charge in [-0.25, -0.2) is 9.59 Å². The van der Waals surface area contributed by atoms with Crippen molar-refractivity contribution in [2.45, 2.75) is 27.7 Å². The Morgan fingerprint density at radius 3 is 1.38 bits per heavy atom. The number of rotatable bonds is 4. The molecule has 206 valence electrons. The van der Waals surface area contributed by atoms with Crippen molar-refractivity contribution < 1.29 is 34.2 Å². The van der Waals surface area contributed by atoms with Crippen LogP contribution >= 0.6 is 23.2 Å². The van der Waals surface area contributed by atoms with E-state index in [9.17, 15) is 24.0 Å². The lowest BCUT2D eigenvalue weighted by molar-refractivity contribution is -0.133. The molecule has 2 aliphatic carbocycles. The largest absolute Gasteiger partial charge is 0.478 e. The second-order valence-corrected chi connectivity index (χ2v) is 9.03. The average molecular weight is 581 g/mol. The van der Waals surface area contributed by atoms with Gasteiger partial charge < -0.3 is 10.2 Å². The normalized spacial score (nSPS) is 14.9. The lowest BCUT2D eigenvalue weighted by atomic mass is 9.87. The molecule has 9 heteroatoms. The Labute approximate surface area is 241 Å². The summed E-state index contributed by atoms with van der Waals surface area (Å²) >= 11 is 12.0. The molecule has 0 heterocycles. The molecule has 0 bridgehead atoms. The molecule has 7 nitrogen and oxygen atoms in total. The molecule has 0 spiro atoms. The summed E-state index contributed by atoms with van der Waals surface area (Å²) in [6, 6.07) is 13.3. The van der Waals surface area contributed by atoms with Crippen LogP contribution in [0.5, 0.6) is 0 Å². The molecule has 0 fully saturated rings. The number of aliphatic carboxylic acids is 2. The molecular weight excluding hydrogens is 555 g/mol. The molecule has 40 heavy (non-hydrogen) atoms. The van der Waals surface area contributed by atoms with Gasteiger partial charge in [0.15, 0.2) is 11.6 Å². The van der Waals surface area contributed by atoms with E-state index in [0.29, 0.717) is 16.7 Å². The van der Waals surface area contributed by atoms with E-state index >= 15 is 0 Å². The summed E-state index contributed by atoms with van der Waals surface area (Å²) in [7, 11) is 0. The Morgan fingerprint density at radius 1 is 0.650 bits per heavy atom. The van der Waals surface area contributed by atoms with Crippen LogP contribution < -0.4 is 0 Å². The Kier molecular flexibility index (Phi) is 10.9. The van der Waals surface area contributed by atoms with Crippen LogP contribution in [0.4, 0.5) is 0 Å². The third-order valence-electron chi connectivity index (χ3n) is 5.74. The third-order valence-corrected chi connectivity index (χ3v) is 6.54. The van der Waals surface area contributed by atoms with Crippen LogP contribution in [0.2, 0.25) is 0 Å². The van der Waals surface area contributed by atoms with Gasteiger partial charge in [-0.05, 0) is 37.1 Å². The lowest BCUT2D eigenvalue weighted by Gasteiger charge is -2.19. The average Bonchev–Trinajstić information content (AvgIpc) is 2.96. The summed E-state index contributed by atoms with van der Waals surface area (Å²) in [5, 5.41) is 17.6. The van der Waals surface area contributed by atoms with E-state index in [4.69, 9.17) is 33.4 Å². The van der Waals surface area contributed by atoms with E-state index in [2.05, 4.69) is 6.58 Å². The minimum atomic E-state index is -1.17. The van der Waals surface area contributed by atoms with E-state index < -0.39 is 23.5 Å². The number of hydrogen-bond donors (Lipinski definition) is 2. The van der Waals surface area contributed by atoms with E-state index in [-0.39, 0.29) is 49.3 Å². The first kappa shape index (κ1) is 31.9. The van der Waals surface area contributed by atoms with Gasteiger partial charge in [0, 0.05) is 39.0 Å². The molecule has 0 aromatic heterocycles. The molecule has 0 radical (unpaired) electrons. The SMILES string of the molecule is C/C(=C\C1=C(Cl)C(=O)c2ccccc2C1=O)C(=O)O.C=C1C(Cl)=C(/C=C(\C)C(=O)O)C(=O)c2ccccc21.CC. The number of carboxylic acid groups (broad SMARTS) is 2. The first-order valence-electron chi connectivity index (χ1n) is 12.0. The molecule has 0 unspecified atom stereocenters. The number of benzene rings is 2. The van der Waals surface area contributed by atoms with E-state index in [1.54, 1.807) is 36.4 Å². The molecule has 4 rings (SSSR count). The van der Waals surface area contributed by atoms with Gasteiger partial charge in [0.2, 0.25) is 5.78 Å². The molecule has 0 saturated heterocycles. The third kappa shape index (κ3) is 6.62. The second kappa shape index (κ2) is 13.6. The first-order chi connectivity index (χ1) is 18.9. The number of hydrogen-bond acceptors (Lipinski definition) is 5. The van der Waals surface area contributed by atoms with Crippen LogP contribution in [-0.2, 0) is 9.59 Å². The van der Waals surface area contributed by atoms with Gasteiger partial charge in [-0.1, -0.05) is 92.2 Å². The van der Waals surface area contributed by atoms with Crippen LogP contribution in [0.3, 0.4) is 0 Å². The zero-order valence-electron chi connectivity index (χ0n) is 22.2. The number of carbonyl (C=O) groups excluding carboxylic acids is 3. The maximum absolute atomic E-state index is 12.3. The molecule has 0 amide bonds. The lowest BCUT2D eigenvalue weighted by Crippen LogP contribution is -2.19. The monoisotopic (exact) mass is 580 g/mol. The number of halogens is 2. The number of allylic oxidation sites excluding steroid dienone is 7. The molecule has 2 aliphatic rings. The van der Waals surface area contributed by atoms with Crippen LogP contribution in [0.1, 0.15) is 64.3 Å². The maximum Gasteiger partial charge on any atom is 0.331 e. The summed E-state index contributed by atoms with van der Waals surface area (Å²) in [5.74, 6) is -3.46. The number of ketones is 3. The fourth-order valence-electron chi connectivity index (χ4n) is 3.65. The van der Waals surface area contributed by atoms with Gasteiger partial charge in [-0.2, -0.15) is 0 Å².